The van der Waals surface area contributed by atoms with Crippen LogP contribution in [0.4, 0.5) is 4.79 Å². The summed E-state index contributed by atoms with van der Waals surface area (Å²) in [5, 5.41) is 0. The van der Waals surface area contributed by atoms with Crippen molar-refractivity contribution in [2.45, 2.75) is 52.6 Å². The van der Waals surface area contributed by atoms with E-state index in [1.54, 1.807) is 13.8 Å². The monoisotopic (exact) mass is 346 g/mol. The number of carbonyl (C=O) groups excluding carboxylic acids is 2. The van der Waals surface area contributed by atoms with Crippen molar-refractivity contribution >= 4 is 12.1 Å². The molecule has 0 spiro atoms. The summed E-state index contributed by atoms with van der Waals surface area (Å²) in [5.74, 6) is -2.27. The predicted molar refractivity (Wildman–Crippen MR) is 82.6 cm³/mol. The molecule has 0 N–H and O–H groups in total. The van der Waals surface area contributed by atoms with Crippen LogP contribution in [0.3, 0.4) is 0 Å². The van der Waals surface area contributed by atoms with Gasteiger partial charge in [-0.05, 0) is 25.7 Å². The lowest BCUT2D eigenvalue weighted by molar-refractivity contribution is -0.597. The average molecular weight is 346 g/mol. The summed E-state index contributed by atoms with van der Waals surface area (Å²) < 4.78 is 20.4. The second kappa shape index (κ2) is 7.96. The van der Waals surface area contributed by atoms with Crippen molar-refractivity contribution in [3.8, 4) is 0 Å². The predicted octanol–water partition coefficient (Wildman–Crippen LogP) is 2.72. The number of esters is 1. The van der Waals surface area contributed by atoms with Gasteiger partial charge in [0, 0.05) is 6.08 Å². The quantitative estimate of drug-likeness (QED) is 0.218. The Morgan fingerprint density at radius 2 is 1.83 bits per heavy atom. The van der Waals surface area contributed by atoms with Crippen LogP contribution in [-0.2, 0) is 33.5 Å². The summed E-state index contributed by atoms with van der Waals surface area (Å²) in [6.45, 7) is 12.8. The first-order valence-electron chi connectivity index (χ1n) is 7.63. The molecule has 1 unspecified atom stereocenters. The number of hydrogen-bond acceptors (Lipinski definition) is 8. The van der Waals surface area contributed by atoms with Gasteiger partial charge in [0.15, 0.2) is 6.61 Å². The molecule has 1 atom stereocenters. The molecule has 8 heteroatoms. The van der Waals surface area contributed by atoms with Crippen LogP contribution in [0.2, 0.25) is 0 Å². The van der Waals surface area contributed by atoms with E-state index in [9.17, 15) is 9.59 Å². The molecule has 0 aliphatic carbocycles. The Morgan fingerprint density at radius 1 is 1.21 bits per heavy atom. The number of ether oxygens (including phenoxy) is 4. The third-order valence-corrected chi connectivity index (χ3v) is 2.79. The van der Waals surface area contributed by atoms with Crippen molar-refractivity contribution in [2.24, 2.45) is 5.41 Å². The maximum absolute atomic E-state index is 12.0. The van der Waals surface area contributed by atoms with E-state index in [1.807, 2.05) is 20.8 Å². The van der Waals surface area contributed by atoms with Crippen LogP contribution < -0.4 is 0 Å². The van der Waals surface area contributed by atoms with Gasteiger partial charge < -0.3 is 18.9 Å². The van der Waals surface area contributed by atoms with Crippen LogP contribution in [-0.4, -0.2) is 43.5 Å². The van der Waals surface area contributed by atoms with Gasteiger partial charge in [-0.2, -0.15) is 4.89 Å². The maximum atomic E-state index is 12.0. The van der Waals surface area contributed by atoms with Crippen LogP contribution in [0.25, 0.3) is 0 Å². The zero-order chi connectivity index (χ0) is 18.4. The summed E-state index contributed by atoms with van der Waals surface area (Å²) in [7, 11) is 0. The van der Waals surface area contributed by atoms with Gasteiger partial charge in [0.1, 0.15) is 12.2 Å². The molecule has 0 aromatic heterocycles. The fourth-order valence-electron chi connectivity index (χ4n) is 2.38. The standard InChI is InChI=1S/C16H26O8/c1-7-12(17)19-8-9-20-16(11-21-24-16)23-13(18)22-15(5,6)10-14(2,3)4/h7H,1,8-11H2,2-6H3. The van der Waals surface area contributed by atoms with Gasteiger partial charge >= 0.3 is 18.1 Å². The summed E-state index contributed by atoms with van der Waals surface area (Å²) in [5.41, 5.74) is -0.746. The SMILES string of the molecule is C=CC(=O)OCCOC1(OC(=O)OC(C)(C)CC(C)(C)C)COO1. The summed E-state index contributed by atoms with van der Waals surface area (Å²) in [4.78, 5) is 32.2. The van der Waals surface area contributed by atoms with E-state index < -0.39 is 23.7 Å². The molecule has 0 amide bonds. The Morgan fingerprint density at radius 3 is 2.29 bits per heavy atom. The third kappa shape index (κ3) is 7.29. The zero-order valence-electron chi connectivity index (χ0n) is 14.9. The van der Waals surface area contributed by atoms with E-state index in [-0.39, 0.29) is 25.2 Å². The number of carbonyl (C=O) groups is 2. The molecule has 8 nitrogen and oxygen atoms in total. The Balaban J connectivity index is 2.44. The molecule has 1 fully saturated rings. The zero-order valence-corrected chi connectivity index (χ0v) is 14.9. The van der Waals surface area contributed by atoms with Crippen LogP contribution in [0.1, 0.15) is 41.0 Å². The Labute approximate surface area is 141 Å². The van der Waals surface area contributed by atoms with E-state index in [1.165, 1.54) is 0 Å². The lowest BCUT2D eigenvalue weighted by atomic mass is 9.84. The third-order valence-electron chi connectivity index (χ3n) is 2.79. The Bertz CT molecular complexity index is 459. The van der Waals surface area contributed by atoms with E-state index in [2.05, 4.69) is 11.5 Å². The highest BCUT2D eigenvalue weighted by molar-refractivity contribution is 5.81. The van der Waals surface area contributed by atoms with Gasteiger partial charge in [0.2, 0.25) is 0 Å². The second-order valence-electron chi connectivity index (χ2n) is 7.20. The minimum absolute atomic E-state index is 0.0247. The summed E-state index contributed by atoms with van der Waals surface area (Å²) in [6, 6.07) is 0. The van der Waals surface area contributed by atoms with Crippen LogP contribution in [0, 0.1) is 5.41 Å². The van der Waals surface area contributed by atoms with Crippen LogP contribution in [0.5, 0.6) is 0 Å². The van der Waals surface area contributed by atoms with Crippen molar-refractivity contribution in [3.05, 3.63) is 12.7 Å². The smallest absolute Gasteiger partial charge is 0.460 e. The van der Waals surface area contributed by atoms with Crippen LogP contribution >= 0.6 is 0 Å². The number of rotatable bonds is 8. The summed E-state index contributed by atoms with van der Waals surface area (Å²) >= 11 is 0. The van der Waals surface area contributed by atoms with E-state index in [0.717, 1.165) is 6.08 Å². The molecule has 1 heterocycles. The topological polar surface area (TPSA) is 89.5 Å². The molecular formula is C16H26O8. The first-order chi connectivity index (χ1) is 11.0. The molecular weight excluding hydrogens is 320 g/mol. The van der Waals surface area contributed by atoms with Crippen molar-refractivity contribution in [1.82, 2.24) is 0 Å². The highest BCUT2D eigenvalue weighted by Crippen LogP contribution is 2.31. The molecule has 1 rings (SSSR count). The average Bonchev–Trinajstić information content (AvgIpc) is 2.36. The van der Waals surface area contributed by atoms with Crippen molar-refractivity contribution in [1.29, 1.82) is 0 Å². The summed E-state index contributed by atoms with van der Waals surface area (Å²) in [6.07, 6.45) is 0.734. The van der Waals surface area contributed by atoms with E-state index >= 15 is 0 Å². The molecule has 0 aromatic carbocycles. The largest absolute Gasteiger partial charge is 0.513 e. The molecule has 0 saturated carbocycles. The van der Waals surface area contributed by atoms with Gasteiger partial charge in [0.25, 0.3) is 0 Å². The van der Waals surface area contributed by atoms with Gasteiger partial charge in [-0.1, -0.05) is 27.4 Å². The molecule has 1 aliphatic rings. The molecule has 0 bridgehead atoms. The van der Waals surface area contributed by atoms with E-state index in [4.69, 9.17) is 23.8 Å². The van der Waals surface area contributed by atoms with E-state index in [0.29, 0.717) is 6.42 Å². The van der Waals surface area contributed by atoms with Crippen molar-refractivity contribution in [3.63, 3.8) is 0 Å². The molecule has 138 valence electrons. The van der Waals surface area contributed by atoms with Gasteiger partial charge in [-0.25, -0.2) is 14.5 Å². The highest BCUT2D eigenvalue weighted by atomic mass is 17.3. The lowest BCUT2D eigenvalue weighted by Gasteiger charge is -2.38. The Kier molecular flexibility index (Phi) is 6.76. The first-order valence-corrected chi connectivity index (χ1v) is 7.63. The fourth-order valence-corrected chi connectivity index (χ4v) is 2.38. The number of hydrogen-bond donors (Lipinski definition) is 0. The molecule has 24 heavy (non-hydrogen) atoms. The molecule has 1 saturated heterocycles. The first kappa shape index (κ1) is 20.4. The van der Waals surface area contributed by atoms with Crippen LogP contribution in [0.15, 0.2) is 12.7 Å². The minimum atomic E-state index is -1.69. The fraction of sp³-hybridized carbons (Fsp3) is 0.750. The molecule has 0 radical (unpaired) electrons. The molecule has 0 aromatic rings. The normalized spacial score (nSPS) is 20.7. The maximum Gasteiger partial charge on any atom is 0.513 e. The van der Waals surface area contributed by atoms with Crippen molar-refractivity contribution in [2.75, 3.05) is 19.8 Å². The second-order valence-corrected chi connectivity index (χ2v) is 7.20. The highest BCUT2D eigenvalue weighted by Gasteiger charge is 2.49. The van der Waals surface area contributed by atoms with Gasteiger partial charge in [0.05, 0.1) is 6.61 Å². The van der Waals surface area contributed by atoms with Gasteiger partial charge in [-0.15, -0.1) is 0 Å². The minimum Gasteiger partial charge on any atom is -0.460 e. The molecule has 1 aliphatic heterocycles. The van der Waals surface area contributed by atoms with Crippen molar-refractivity contribution < 1.29 is 38.3 Å². The lowest BCUT2D eigenvalue weighted by Crippen LogP contribution is -2.54. The van der Waals surface area contributed by atoms with Gasteiger partial charge in [-0.3, -0.25) is 0 Å². The Hall–Kier alpha value is -1.64.